The van der Waals surface area contributed by atoms with Crippen LogP contribution in [0.15, 0.2) is 6.07 Å². The van der Waals surface area contributed by atoms with Gasteiger partial charge >= 0.3 is 0 Å². The van der Waals surface area contributed by atoms with Crippen molar-refractivity contribution >= 4 is 11.6 Å². The lowest BCUT2D eigenvalue weighted by atomic mass is 10.4. The third kappa shape index (κ3) is 7.22. The molecule has 0 atom stereocenters. The first-order chi connectivity index (χ1) is 9.76. The maximum atomic E-state index is 5.73. The number of anilines is 2. The first-order valence-corrected chi connectivity index (χ1v) is 6.78. The summed E-state index contributed by atoms with van der Waals surface area (Å²) in [6.45, 7) is 5.61. The summed E-state index contributed by atoms with van der Waals surface area (Å²) in [5.74, 6) is 1.74. The largest absolute Gasteiger partial charge is 0.384 e. The smallest absolute Gasteiger partial charge is 0.158 e. The van der Waals surface area contributed by atoms with Crippen LogP contribution in [-0.4, -0.2) is 50.1 Å². The van der Waals surface area contributed by atoms with E-state index in [1.165, 1.54) is 0 Å². The number of nitrogen functional groups attached to an aromatic ring is 1. The van der Waals surface area contributed by atoms with Crippen molar-refractivity contribution in [1.29, 1.82) is 0 Å². The molecule has 0 saturated carbocycles. The van der Waals surface area contributed by atoms with E-state index in [0.29, 0.717) is 50.5 Å². The summed E-state index contributed by atoms with van der Waals surface area (Å²) in [5, 5.41) is 3.20. The van der Waals surface area contributed by atoms with Gasteiger partial charge in [0.05, 0.1) is 13.2 Å². The monoisotopic (exact) mass is 284 g/mol. The van der Waals surface area contributed by atoms with E-state index in [1.54, 1.807) is 13.2 Å². The predicted octanol–water partition coefficient (Wildman–Crippen LogP) is 1.06. The van der Waals surface area contributed by atoms with E-state index in [2.05, 4.69) is 15.3 Å². The standard InChI is InChI=1S/C13H24N4O3/c1-3-19-10-13-16-11(14)9-12(17-13)15-5-4-6-20-8-7-18-2/h9H,3-8,10H2,1-2H3,(H3,14,15,16,17). The van der Waals surface area contributed by atoms with Crippen LogP contribution in [0.1, 0.15) is 19.2 Å². The maximum absolute atomic E-state index is 5.73. The maximum Gasteiger partial charge on any atom is 0.158 e. The van der Waals surface area contributed by atoms with Gasteiger partial charge in [0, 0.05) is 32.9 Å². The third-order valence-electron chi connectivity index (χ3n) is 2.43. The zero-order valence-electron chi connectivity index (χ0n) is 12.2. The van der Waals surface area contributed by atoms with Crippen molar-refractivity contribution in [2.45, 2.75) is 20.0 Å². The van der Waals surface area contributed by atoms with Crippen LogP contribution in [0.3, 0.4) is 0 Å². The molecular formula is C13H24N4O3. The molecule has 0 amide bonds. The Kier molecular flexibility index (Phi) is 8.61. The summed E-state index contributed by atoms with van der Waals surface area (Å²) >= 11 is 0. The molecule has 1 aromatic heterocycles. The second-order valence-corrected chi connectivity index (χ2v) is 4.12. The normalized spacial score (nSPS) is 10.7. The predicted molar refractivity (Wildman–Crippen MR) is 77.6 cm³/mol. The van der Waals surface area contributed by atoms with Crippen molar-refractivity contribution in [3.63, 3.8) is 0 Å². The molecule has 7 nitrogen and oxygen atoms in total. The molecule has 114 valence electrons. The van der Waals surface area contributed by atoms with Crippen LogP contribution in [-0.2, 0) is 20.8 Å². The Labute approximate surface area is 119 Å². The molecule has 0 aliphatic heterocycles. The second-order valence-electron chi connectivity index (χ2n) is 4.12. The second kappa shape index (κ2) is 10.4. The van der Waals surface area contributed by atoms with Gasteiger partial charge in [-0.3, -0.25) is 0 Å². The van der Waals surface area contributed by atoms with Crippen molar-refractivity contribution in [2.75, 3.05) is 51.1 Å². The number of hydrogen-bond acceptors (Lipinski definition) is 7. The van der Waals surface area contributed by atoms with Crippen LogP contribution >= 0.6 is 0 Å². The van der Waals surface area contributed by atoms with E-state index in [4.69, 9.17) is 19.9 Å². The van der Waals surface area contributed by atoms with Gasteiger partial charge in [0.1, 0.15) is 18.2 Å². The Morgan fingerprint density at radius 1 is 1.20 bits per heavy atom. The average molecular weight is 284 g/mol. The molecule has 7 heteroatoms. The number of nitrogens with zero attached hydrogens (tertiary/aromatic N) is 2. The van der Waals surface area contributed by atoms with Gasteiger partial charge < -0.3 is 25.3 Å². The molecule has 0 aliphatic carbocycles. The first-order valence-electron chi connectivity index (χ1n) is 6.78. The molecule has 0 saturated heterocycles. The molecule has 0 fully saturated rings. The lowest BCUT2D eigenvalue weighted by molar-refractivity contribution is 0.0705. The molecular weight excluding hydrogens is 260 g/mol. The summed E-state index contributed by atoms with van der Waals surface area (Å²) in [4.78, 5) is 8.44. The zero-order chi connectivity index (χ0) is 14.6. The number of rotatable bonds is 11. The molecule has 0 bridgehead atoms. The molecule has 1 heterocycles. The van der Waals surface area contributed by atoms with Gasteiger partial charge in [-0.2, -0.15) is 0 Å². The number of nitrogens with one attached hydrogen (secondary N) is 1. The van der Waals surface area contributed by atoms with Crippen LogP contribution in [0.5, 0.6) is 0 Å². The number of methoxy groups -OCH3 is 1. The van der Waals surface area contributed by atoms with Gasteiger partial charge in [0.25, 0.3) is 0 Å². The lowest BCUT2D eigenvalue weighted by Gasteiger charge is -2.08. The molecule has 0 aromatic carbocycles. The Bertz CT molecular complexity index is 377. The van der Waals surface area contributed by atoms with Crippen LogP contribution in [0, 0.1) is 0 Å². The zero-order valence-corrected chi connectivity index (χ0v) is 12.2. The van der Waals surface area contributed by atoms with Crippen molar-refractivity contribution in [2.24, 2.45) is 0 Å². The highest BCUT2D eigenvalue weighted by Gasteiger charge is 2.02. The van der Waals surface area contributed by atoms with Gasteiger partial charge in [-0.05, 0) is 13.3 Å². The SMILES string of the molecule is CCOCc1nc(N)cc(NCCCOCCOC)n1. The van der Waals surface area contributed by atoms with Crippen LogP contribution in [0.25, 0.3) is 0 Å². The van der Waals surface area contributed by atoms with Crippen molar-refractivity contribution in [3.8, 4) is 0 Å². The Morgan fingerprint density at radius 2 is 2.05 bits per heavy atom. The van der Waals surface area contributed by atoms with Gasteiger partial charge in [-0.25, -0.2) is 9.97 Å². The molecule has 0 spiro atoms. The highest BCUT2D eigenvalue weighted by atomic mass is 16.5. The van der Waals surface area contributed by atoms with E-state index in [1.807, 2.05) is 6.92 Å². The molecule has 1 rings (SSSR count). The molecule has 20 heavy (non-hydrogen) atoms. The minimum atomic E-state index is 0.371. The number of ether oxygens (including phenoxy) is 3. The lowest BCUT2D eigenvalue weighted by Crippen LogP contribution is -2.11. The van der Waals surface area contributed by atoms with Gasteiger partial charge in [0.15, 0.2) is 5.82 Å². The summed E-state index contributed by atoms with van der Waals surface area (Å²) in [6, 6.07) is 1.71. The van der Waals surface area contributed by atoms with Crippen molar-refractivity contribution in [3.05, 3.63) is 11.9 Å². The first kappa shape index (κ1) is 16.6. The average Bonchev–Trinajstić information content (AvgIpc) is 2.43. The van der Waals surface area contributed by atoms with E-state index in [-0.39, 0.29) is 0 Å². The third-order valence-corrected chi connectivity index (χ3v) is 2.43. The van der Waals surface area contributed by atoms with Crippen LogP contribution in [0.4, 0.5) is 11.6 Å². The minimum Gasteiger partial charge on any atom is -0.384 e. The minimum absolute atomic E-state index is 0.371. The fourth-order valence-corrected chi connectivity index (χ4v) is 1.50. The fourth-order valence-electron chi connectivity index (χ4n) is 1.50. The highest BCUT2D eigenvalue weighted by molar-refractivity contribution is 5.44. The van der Waals surface area contributed by atoms with Crippen molar-refractivity contribution < 1.29 is 14.2 Å². The van der Waals surface area contributed by atoms with E-state index >= 15 is 0 Å². The van der Waals surface area contributed by atoms with Gasteiger partial charge in [-0.15, -0.1) is 0 Å². The van der Waals surface area contributed by atoms with E-state index < -0.39 is 0 Å². The molecule has 1 aromatic rings. The van der Waals surface area contributed by atoms with Crippen LogP contribution in [0.2, 0.25) is 0 Å². The fraction of sp³-hybridized carbons (Fsp3) is 0.692. The topological polar surface area (TPSA) is 91.5 Å². The van der Waals surface area contributed by atoms with E-state index in [9.17, 15) is 0 Å². The van der Waals surface area contributed by atoms with Gasteiger partial charge in [-0.1, -0.05) is 0 Å². The van der Waals surface area contributed by atoms with Crippen molar-refractivity contribution in [1.82, 2.24) is 9.97 Å². The van der Waals surface area contributed by atoms with Gasteiger partial charge in [0.2, 0.25) is 0 Å². The number of aromatic nitrogens is 2. The van der Waals surface area contributed by atoms with Crippen LogP contribution < -0.4 is 11.1 Å². The number of nitrogens with two attached hydrogens (primary N) is 1. The molecule has 0 radical (unpaired) electrons. The Balaban J connectivity index is 2.26. The number of hydrogen-bond donors (Lipinski definition) is 2. The summed E-state index contributed by atoms with van der Waals surface area (Å²) in [6.07, 6.45) is 0.883. The molecule has 3 N–H and O–H groups in total. The highest BCUT2D eigenvalue weighted by Crippen LogP contribution is 2.09. The quantitative estimate of drug-likeness (QED) is 0.587. The summed E-state index contributed by atoms with van der Waals surface area (Å²) < 4.78 is 15.5. The molecule has 0 aliphatic rings. The summed E-state index contributed by atoms with van der Waals surface area (Å²) in [7, 11) is 1.66. The summed E-state index contributed by atoms with van der Waals surface area (Å²) in [5.41, 5.74) is 5.73. The Morgan fingerprint density at radius 3 is 2.80 bits per heavy atom. The molecule has 0 unspecified atom stereocenters. The Hall–Kier alpha value is -1.44. The van der Waals surface area contributed by atoms with E-state index in [0.717, 1.165) is 13.0 Å².